The summed E-state index contributed by atoms with van der Waals surface area (Å²) in [6.07, 6.45) is -0.493. The number of ether oxygens (including phenoxy) is 1. The van der Waals surface area contributed by atoms with Crippen LogP contribution in [-0.2, 0) is 0 Å². The van der Waals surface area contributed by atoms with Crippen molar-refractivity contribution in [2.24, 2.45) is 0 Å². The molecule has 0 saturated heterocycles. The molecule has 1 aromatic rings. The van der Waals surface area contributed by atoms with E-state index in [1.807, 2.05) is 18.2 Å². The van der Waals surface area contributed by atoms with Gasteiger partial charge < -0.3 is 9.84 Å². The monoisotopic (exact) mass is 230 g/mol. The number of rotatable bonds is 2. The Morgan fingerprint density at radius 2 is 2.17 bits per heavy atom. The Balaban J connectivity index is 3.11. The average Bonchev–Trinajstić information content (AvgIpc) is 2.03. The maximum Gasteiger partial charge on any atom is 0.125 e. The lowest BCUT2D eigenvalue weighted by molar-refractivity contribution is 0.194. The zero-order valence-corrected chi connectivity index (χ0v) is 8.63. The second-order valence-corrected chi connectivity index (χ2v) is 3.48. The molecule has 66 valence electrons. The van der Waals surface area contributed by atoms with Gasteiger partial charge in [0.2, 0.25) is 0 Å². The number of aliphatic hydroxyl groups is 1. The topological polar surface area (TPSA) is 29.5 Å². The zero-order valence-electron chi connectivity index (χ0n) is 7.04. The Bertz CT molecular complexity index is 271. The van der Waals surface area contributed by atoms with Gasteiger partial charge in [0.05, 0.1) is 13.2 Å². The molecule has 0 aliphatic carbocycles. The Morgan fingerprint density at radius 3 is 2.67 bits per heavy atom. The van der Waals surface area contributed by atoms with Gasteiger partial charge in [-0.1, -0.05) is 22.0 Å². The minimum absolute atomic E-state index is 0.493. The Kier molecular flexibility index (Phi) is 3.12. The first-order valence-corrected chi connectivity index (χ1v) is 4.46. The molecule has 0 saturated carbocycles. The van der Waals surface area contributed by atoms with Crippen molar-refractivity contribution >= 4 is 15.9 Å². The first kappa shape index (κ1) is 9.55. The SMILES string of the molecule is COc1cc(Br)ccc1C(C)O. The summed E-state index contributed by atoms with van der Waals surface area (Å²) >= 11 is 3.32. The molecule has 0 bridgehead atoms. The Hall–Kier alpha value is -0.540. The summed E-state index contributed by atoms with van der Waals surface area (Å²) in [5.41, 5.74) is 0.806. The van der Waals surface area contributed by atoms with Crippen LogP contribution in [0.25, 0.3) is 0 Å². The fraction of sp³-hybridized carbons (Fsp3) is 0.333. The van der Waals surface area contributed by atoms with Crippen molar-refractivity contribution in [2.75, 3.05) is 7.11 Å². The van der Waals surface area contributed by atoms with Gasteiger partial charge in [0, 0.05) is 10.0 Å². The van der Waals surface area contributed by atoms with Crippen molar-refractivity contribution in [2.45, 2.75) is 13.0 Å². The Labute approximate surface area is 80.3 Å². The van der Waals surface area contributed by atoms with E-state index in [9.17, 15) is 5.11 Å². The largest absolute Gasteiger partial charge is 0.496 e. The molecule has 3 heteroatoms. The molecule has 0 fully saturated rings. The molecule has 0 aliphatic rings. The van der Waals surface area contributed by atoms with Gasteiger partial charge in [-0.2, -0.15) is 0 Å². The van der Waals surface area contributed by atoms with Crippen molar-refractivity contribution < 1.29 is 9.84 Å². The van der Waals surface area contributed by atoms with Crippen LogP contribution in [0.2, 0.25) is 0 Å². The molecule has 0 spiro atoms. The molecular weight excluding hydrogens is 220 g/mol. The van der Waals surface area contributed by atoms with Crippen molar-refractivity contribution in [3.63, 3.8) is 0 Å². The summed E-state index contributed by atoms with van der Waals surface area (Å²) < 4.78 is 6.05. The highest BCUT2D eigenvalue weighted by atomic mass is 79.9. The highest BCUT2D eigenvalue weighted by Gasteiger charge is 2.07. The second kappa shape index (κ2) is 3.92. The summed E-state index contributed by atoms with van der Waals surface area (Å²) in [4.78, 5) is 0. The highest BCUT2D eigenvalue weighted by molar-refractivity contribution is 9.10. The van der Waals surface area contributed by atoms with Crippen molar-refractivity contribution in [3.8, 4) is 5.75 Å². The molecule has 1 unspecified atom stereocenters. The third-order valence-corrected chi connectivity index (χ3v) is 2.14. The van der Waals surface area contributed by atoms with Crippen LogP contribution in [0, 0.1) is 0 Å². The summed E-state index contributed by atoms with van der Waals surface area (Å²) in [5.74, 6) is 0.708. The maximum atomic E-state index is 9.33. The molecule has 0 amide bonds. The summed E-state index contributed by atoms with van der Waals surface area (Å²) in [6, 6.07) is 5.56. The fourth-order valence-electron chi connectivity index (χ4n) is 1.03. The maximum absolute atomic E-state index is 9.33. The summed E-state index contributed by atoms with van der Waals surface area (Å²) in [5, 5.41) is 9.33. The quantitative estimate of drug-likeness (QED) is 0.847. The van der Waals surface area contributed by atoms with Gasteiger partial charge in [0.15, 0.2) is 0 Å². The standard InChI is InChI=1S/C9H11BrO2/c1-6(11)8-4-3-7(10)5-9(8)12-2/h3-6,11H,1-2H3. The van der Waals surface area contributed by atoms with Crippen molar-refractivity contribution in [1.29, 1.82) is 0 Å². The van der Waals surface area contributed by atoms with E-state index in [0.717, 1.165) is 10.0 Å². The van der Waals surface area contributed by atoms with Gasteiger partial charge in [0.1, 0.15) is 5.75 Å². The van der Waals surface area contributed by atoms with Crippen LogP contribution in [0.5, 0.6) is 5.75 Å². The van der Waals surface area contributed by atoms with E-state index in [2.05, 4.69) is 15.9 Å². The van der Waals surface area contributed by atoms with Crippen LogP contribution in [0.1, 0.15) is 18.6 Å². The minimum Gasteiger partial charge on any atom is -0.496 e. The normalized spacial score (nSPS) is 12.7. The van der Waals surface area contributed by atoms with Gasteiger partial charge in [-0.15, -0.1) is 0 Å². The average molecular weight is 231 g/mol. The Morgan fingerprint density at radius 1 is 1.50 bits per heavy atom. The lowest BCUT2D eigenvalue weighted by Crippen LogP contribution is -1.95. The molecule has 0 aromatic heterocycles. The fourth-order valence-corrected chi connectivity index (χ4v) is 1.37. The predicted molar refractivity (Wildman–Crippen MR) is 51.3 cm³/mol. The van der Waals surface area contributed by atoms with E-state index < -0.39 is 6.10 Å². The molecule has 12 heavy (non-hydrogen) atoms. The summed E-state index contributed by atoms with van der Waals surface area (Å²) in [7, 11) is 1.59. The van der Waals surface area contributed by atoms with Crippen molar-refractivity contribution in [3.05, 3.63) is 28.2 Å². The zero-order chi connectivity index (χ0) is 9.14. The van der Waals surface area contributed by atoms with E-state index in [0.29, 0.717) is 5.75 Å². The lowest BCUT2D eigenvalue weighted by atomic mass is 10.1. The van der Waals surface area contributed by atoms with Crippen LogP contribution in [0.4, 0.5) is 0 Å². The lowest BCUT2D eigenvalue weighted by Gasteiger charge is -2.10. The molecule has 2 nitrogen and oxygen atoms in total. The van der Waals surface area contributed by atoms with Gasteiger partial charge in [-0.3, -0.25) is 0 Å². The highest BCUT2D eigenvalue weighted by Crippen LogP contribution is 2.27. The number of aliphatic hydroxyl groups excluding tert-OH is 1. The summed E-state index contributed by atoms with van der Waals surface area (Å²) in [6.45, 7) is 1.71. The molecule has 1 N–H and O–H groups in total. The first-order chi connectivity index (χ1) is 5.65. The second-order valence-electron chi connectivity index (χ2n) is 2.56. The van der Waals surface area contributed by atoms with E-state index in [1.54, 1.807) is 14.0 Å². The minimum atomic E-state index is -0.493. The molecule has 0 heterocycles. The molecule has 0 radical (unpaired) electrons. The van der Waals surface area contributed by atoms with E-state index in [1.165, 1.54) is 0 Å². The van der Waals surface area contributed by atoms with Crippen LogP contribution >= 0.6 is 15.9 Å². The molecule has 0 aliphatic heterocycles. The number of halogens is 1. The van der Waals surface area contributed by atoms with Gasteiger partial charge in [-0.25, -0.2) is 0 Å². The van der Waals surface area contributed by atoms with Crippen LogP contribution in [-0.4, -0.2) is 12.2 Å². The van der Waals surface area contributed by atoms with Gasteiger partial charge >= 0.3 is 0 Å². The third-order valence-electron chi connectivity index (χ3n) is 1.65. The van der Waals surface area contributed by atoms with Crippen LogP contribution < -0.4 is 4.74 Å². The number of hydrogen-bond donors (Lipinski definition) is 1. The molecular formula is C9H11BrO2. The van der Waals surface area contributed by atoms with Gasteiger partial charge in [-0.05, 0) is 19.1 Å². The van der Waals surface area contributed by atoms with Gasteiger partial charge in [0.25, 0.3) is 0 Å². The van der Waals surface area contributed by atoms with Crippen LogP contribution in [0.15, 0.2) is 22.7 Å². The van der Waals surface area contributed by atoms with Crippen LogP contribution in [0.3, 0.4) is 0 Å². The first-order valence-electron chi connectivity index (χ1n) is 3.66. The number of hydrogen-bond acceptors (Lipinski definition) is 2. The van der Waals surface area contributed by atoms with E-state index in [4.69, 9.17) is 4.74 Å². The predicted octanol–water partition coefficient (Wildman–Crippen LogP) is 2.51. The van der Waals surface area contributed by atoms with E-state index >= 15 is 0 Å². The molecule has 1 atom stereocenters. The third kappa shape index (κ3) is 1.99. The van der Waals surface area contributed by atoms with E-state index in [-0.39, 0.29) is 0 Å². The number of methoxy groups -OCH3 is 1. The molecule has 1 rings (SSSR count). The molecule has 1 aromatic carbocycles. The smallest absolute Gasteiger partial charge is 0.125 e. The number of benzene rings is 1. The van der Waals surface area contributed by atoms with Crippen molar-refractivity contribution in [1.82, 2.24) is 0 Å².